The van der Waals surface area contributed by atoms with Crippen LogP contribution in [0.15, 0.2) is 56.2 Å². The number of hydrogen-bond donors (Lipinski definition) is 1. The Hall–Kier alpha value is -1.53. The number of nitrogens with two attached hydrogens (primary N) is 1. The highest BCUT2D eigenvalue weighted by Crippen LogP contribution is 2.28. The van der Waals surface area contributed by atoms with Crippen LogP contribution in [0.4, 0.5) is 5.69 Å². The molecule has 20 heavy (non-hydrogen) atoms. The van der Waals surface area contributed by atoms with Crippen molar-refractivity contribution < 1.29 is 4.42 Å². The molecule has 0 saturated carbocycles. The fourth-order valence-electron chi connectivity index (χ4n) is 1.93. The normalized spacial score (nSPS) is 10.9. The highest BCUT2D eigenvalue weighted by atomic mass is 79.9. The second kappa shape index (κ2) is 5.46. The molecule has 0 unspecified atom stereocenters. The predicted molar refractivity (Wildman–Crippen MR) is 85.3 cm³/mol. The van der Waals surface area contributed by atoms with Crippen LogP contribution in [0.1, 0.15) is 5.56 Å². The second-order valence-electron chi connectivity index (χ2n) is 4.36. The van der Waals surface area contributed by atoms with Crippen molar-refractivity contribution in [3.05, 3.63) is 57.3 Å². The fourth-order valence-corrected chi connectivity index (χ4v) is 2.50. The molecule has 0 aliphatic heterocycles. The van der Waals surface area contributed by atoms with E-state index >= 15 is 0 Å². The number of nitrogens with zero attached hydrogens (tertiary/aromatic N) is 2. The molecule has 2 aromatic heterocycles. The van der Waals surface area contributed by atoms with Gasteiger partial charge in [-0.2, -0.15) is 5.10 Å². The SMILES string of the molecule is Nc1cn(Cc2ccc(Br)cc2)nc1-c1ccc(Br)o1. The van der Waals surface area contributed by atoms with Gasteiger partial charge in [0.25, 0.3) is 0 Å². The molecule has 0 saturated heterocycles. The molecule has 0 fully saturated rings. The van der Waals surface area contributed by atoms with Gasteiger partial charge >= 0.3 is 0 Å². The smallest absolute Gasteiger partial charge is 0.169 e. The molecule has 4 nitrogen and oxygen atoms in total. The van der Waals surface area contributed by atoms with Gasteiger partial charge < -0.3 is 10.2 Å². The van der Waals surface area contributed by atoms with Gasteiger partial charge in [0, 0.05) is 10.7 Å². The maximum atomic E-state index is 5.99. The zero-order valence-corrected chi connectivity index (χ0v) is 13.6. The average Bonchev–Trinajstić information content (AvgIpc) is 2.98. The van der Waals surface area contributed by atoms with Crippen LogP contribution in [-0.2, 0) is 6.54 Å². The third-order valence-electron chi connectivity index (χ3n) is 2.85. The highest BCUT2D eigenvalue weighted by Gasteiger charge is 2.12. The lowest BCUT2D eigenvalue weighted by Crippen LogP contribution is -2.00. The molecule has 0 aliphatic carbocycles. The summed E-state index contributed by atoms with van der Waals surface area (Å²) in [4.78, 5) is 0. The number of rotatable bonds is 3. The minimum absolute atomic E-state index is 0.601. The summed E-state index contributed by atoms with van der Waals surface area (Å²) in [5, 5.41) is 4.48. The molecule has 102 valence electrons. The third kappa shape index (κ3) is 2.81. The topological polar surface area (TPSA) is 57.0 Å². The van der Waals surface area contributed by atoms with Crippen LogP contribution >= 0.6 is 31.9 Å². The maximum Gasteiger partial charge on any atom is 0.169 e. The summed E-state index contributed by atoms with van der Waals surface area (Å²) < 4.78 is 9.01. The van der Waals surface area contributed by atoms with Crippen LogP contribution in [0, 0.1) is 0 Å². The molecule has 0 amide bonds. The number of benzene rings is 1. The lowest BCUT2D eigenvalue weighted by Gasteiger charge is -2.01. The summed E-state index contributed by atoms with van der Waals surface area (Å²) in [7, 11) is 0. The monoisotopic (exact) mass is 395 g/mol. The molecule has 2 N–H and O–H groups in total. The Balaban J connectivity index is 1.87. The Kier molecular flexibility index (Phi) is 3.67. The van der Waals surface area contributed by atoms with Crippen molar-refractivity contribution in [1.29, 1.82) is 0 Å². The molecule has 0 spiro atoms. The van der Waals surface area contributed by atoms with Gasteiger partial charge in [0.1, 0.15) is 0 Å². The van der Waals surface area contributed by atoms with Gasteiger partial charge in [-0.05, 0) is 45.8 Å². The molecule has 3 aromatic rings. The van der Waals surface area contributed by atoms with Crippen LogP contribution in [0.2, 0.25) is 0 Å². The Morgan fingerprint density at radius 3 is 2.50 bits per heavy atom. The van der Waals surface area contributed by atoms with E-state index in [0.29, 0.717) is 28.4 Å². The Morgan fingerprint density at radius 1 is 1.10 bits per heavy atom. The van der Waals surface area contributed by atoms with Gasteiger partial charge in [0.15, 0.2) is 16.1 Å². The minimum Gasteiger partial charge on any atom is -0.448 e. The number of nitrogen functional groups attached to an aromatic ring is 1. The molecule has 6 heteroatoms. The van der Waals surface area contributed by atoms with Crippen LogP contribution < -0.4 is 5.73 Å². The van der Waals surface area contributed by atoms with Gasteiger partial charge in [-0.1, -0.05) is 28.1 Å². The Bertz CT molecular complexity index is 731. The lowest BCUT2D eigenvalue weighted by molar-refractivity contribution is 0.551. The molecule has 0 atom stereocenters. The predicted octanol–water partition coefficient (Wildman–Crippen LogP) is 4.30. The van der Waals surface area contributed by atoms with E-state index in [4.69, 9.17) is 10.2 Å². The number of hydrogen-bond acceptors (Lipinski definition) is 3. The van der Waals surface area contributed by atoms with E-state index in [1.807, 2.05) is 47.3 Å². The van der Waals surface area contributed by atoms with Crippen molar-refractivity contribution in [3.63, 3.8) is 0 Å². The van der Waals surface area contributed by atoms with E-state index in [1.54, 1.807) is 0 Å². The van der Waals surface area contributed by atoms with E-state index < -0.39 is 0 Å². The third-order valence-corrected chi connectivity index (χ3v) is 3.81. The van der Waals surface area contributed by atoms with Gasteiger partial charge in [0.05, 0.1) is 12.2 Å². The molecule has 0 radical (unpaired) electrons. The first-order valence-electron chi connectivity index (χ1n) is 5.95. The summed E-state index contributed by atoms with van der Waals surface area (Å²) in [5.74, 6) is 0.656. The molecule has 3 rings (SSSR count). The zero-order valence-electron chi connectivity index (χ0n) is 10.4. The van der Waals surface area contributed by atoms with Crippen molar-refractivity contribution in [1.82, 2.24) is 9.78 Å². The number of furan rings is 1. The summed E-state index contributed by atoms with van der Waals surface area (Å²) in [6, 6.07) is 11.8. The molecule has 2 heterocycles. The maximum absolute atomic E-state index is 5.99. The van der Waals surface area contributed by atoms with E-state index in [-0.39, 0.29) is 0 Å². The second-order valence-corrected chi connectivity index (χ2v) is 6.06. The van der Waals surface area contributed by atoms with Gasteiger partial charge in [-0.15, -0.1) is 0 Å². The fraction of sp³-hybridized carbons (Fsp3) is 0.0714. The lowest BCUT2D eigenvalue weighted by atomic mass is 10.2. The molecule has 0 aliphatic rings. The van der Waals surface area contributed by atoms with Gasteiger partial charge in [-0.25, -0.2) is 0 Å². The number of aromatic nitrogens is 2. The van der Waals surface area contributed by atoms with Crippen molar-refractivity contribution in [3.8, 4) is 11.5 Å². The quantitative estimate of drug-likeness (QED) is 0.717. The largest absolute Gasteiger partial charge is 0.448 e. The first kappa shape index (κ1) is 13.5. The summed E-state index contributed by atoms with van der Waals surface area (Å²) in [6.45, 7) is 0.666. The molecular formula is C14H11Br2N3O. The highest BCUT2D eigenvalue weighted by molar-refractivity contribution is 9.10. The van der Waals surface area contributed by atoms with E-state index in [1.165, 1.54) is 0 Å². The van der Waals surface area contributed by atoms with Crippen LogP contribution in [0.3, 0.4) is 0 Å². The van der Waals surface area contributed by atoms with Crippen LogP contribution in [0.25, 0.3) is 11.5 Å². The van der Waals surface area contributed by atoms with E-state index in [0.717, 1.165) is 10.0 Å². The summed E-state index contributed by atoms with van der Waals surface area (Å²) >= 11 is 6.70. The average molecular weight is 397 g/mol. The first-order valence-corrected chi connectivity index (χ1v) is 7.53. The molecule has 1 aromatic carbocycles. The molecule has 0 bridgehead atoms. The van der Waals surface area contributed by atoms with Crippen molar-refractivity contribution in [2.24, 2.45) is 0 Å². The Morgan fingerprint density at radius 2 is 1.85 bits per heavy atom. The van der Waals surface area contributed by atoms with Gasteiger partial charge in [-0.3, -0.25) is 4.68 Å². The van der Waals surface area contributed by atoms with Crippen LogP contribution in [-0.4, -0.2) is 9.78 Å². The van der Waals surface area contributed by atoms with Crippen molar-refractivity contribution in [2.75, 3.05) is 5.73 Å². The minimum atomic E-state index is 0.601. The number of anilines is 1. The summed E-state index contributed by atoms with van der Waals surface area (Å²) in [5.41, 5.74) is 8.41. The van der Waals surface area contributed by atoms with Crippen molar-refractivity contribution in [2.45, 2.75) is 6.54 Å². The Labute approximate surface area is 132 Å². The van der Waals surface area contributed by atoms with E-state index in [2.05, 4.69) is 37.0 Å². The first-order chi connectivity index (χ1) is 9.61. The zero-order chi connectivity index (χ0) is 14.1. The van der Waals surface area contributed by atoms with Gasteiger partial charge in [0.2, 0.25) is 0 Å². The van der Waals surface area contributed by atoms with E-state index in [9.17, 15) is 0 Å². The number of halogens is 2. The molecular weight excluding hydrogens is 386 g/mol. The van der Waals surface area contributed by atoms with Crippen LogP contribution in [0.5, 0.6) is 0 Å². The standard InChI is InChI=1S/C14H11Br2N3O/c15-10-3-1-9(2-4-10)7-19-8-11(17)14(18-19)12-5-6-13(16)20-12/h1-6,8H,7,17H2. The summed E-state index contributed by atoms with van der Waals surface area (Å²) in [6.07, 6.45) is 1.81. The van der Waals surface area contributed by atoms with Crippen molar-refractivity contribution >= 4 is 37.5 Å².